The fourth-order valence-corrected chi connectivity index (χ4v) is 20.4. The third-order valence-corrected chi connectivity index (χ3v) is 23.3. The van der Waals surface area contributed by atoms with Crippen molar-refractivity contribution in [2.45, 2.75) is 142 Å². The molecule has 52 heavy (non-hydrogen) atoms. The van der Waals surface area contributed by atoms with Crippen LogP contribution in [0.1, 0.15) is 122 Å². The Hall–Kier alpha value is -1.63. The van der Waals surface area contributed by atoms with Crippen molar-refractivity contribution in [3.8, 4) is 0 Å². The Morgan fingerprint density at radius 2 is 1.04 bits per heavy atom. The van der Waals surface area contributed by atoms with Crippen LogP contribution in [0.4, 0.5) is 11.4 Å². The van der Waals surface area contributed by atoms with E-state index in [0.717, 1.165) is 32.4 Å². The van der Waals surface area contributed by atoms with Crippen molar-refractivity contribution in [1.82, 2.24) is 0 Å². The summed E-state index contributed by atoms with van der Waals surface area (Å²) in [4.78, 5) is 5.42. The molecule has 0 spiro atoms. The average Bonchev–Trinajstić information content (AvgIpc) is 3.52. The molecule has 3 aromatic rings. The summed E-state index contributed by atoms with van der Waals surface area (Å²) in [7, 11) is 0. The molecule has 7 rings (SSSR count). The van der Waals surface area contributed by atoms with E-state index >= 15 is 0 Å². The molecule has 4 fully saturated rings. The SMILES string of the molecule is Cc1cc(C)c(N2CCN(c3c(C)cc(C)cc3C)C2=C2C(=Cc3ccccc3)CCCC2P(Cl)(Cl)(C2CCCCC2)C2CCCCC2)c(C)c1.[Ru]. The molecule has 3 aliphatic carbocycles. The normalized spacial score (nSPS) is 22.4. The minimum atomic E-state index is -3.41. The van der Waals surface area contributed by atoms with E-state index in [1.807, 2.05) is 0 Å². The van der Waals surface area contributed by atoms with Gasteiger partial charge in [-0.05, 0) is 0 Å². The van der Waals surface area contributed by atoms with E-state index in [1.165, 1.54) is 131 Å². The molecule has 1 atom stereocenters. The van der Waals surface area contributed by atoms with E-state index in [0.29, 0.717) is 11.3 Å². The molecule has 0 aromatic heterocycles. The Labute approximate surface area is 338 Å². The molecule has 1 unspecified atom stereocenters. The Kier molecular flexibility index (Phi) is 12.5. The van der Waals surface area contributed by atoms with E-state index in [4.69, 9.17) is 22.5 Å². The number of nitrogens with zero attached hydrogens (tertiary/aromatic N) is 2. The first-order valence-electron chi connectivity index (χ1n) is 20.1. The van der Waals surface area contributed by atoms with Gasteiger partial charge in [-0.1, -0.05) is 0 Å². The zero-order valence-corrected chi connectivity index (χ0v) is 36.7. The van der Waals surface area contributed by atoms with Crippen LogP contribution in [0.5, 0.6) is 0 Å². The van der Waals surface area contributed by atoms with Crippen LogP contribution in [0.3, 0.4) is 0 Å². The Morgan fingerprint density at radius 1 is 0.596 bits per heavy atom. The topological polar surface area (TPSA) is 6.48 Å². The predicted octanol–water partition coefficient (Wildman–Crippen LogP) is 14.2. The Bertz CT molecular complexity index is 1680. The molecule has 1 saturated heterocycles. The number of anilines is 2. The quantitative estimate of drug-likeness (QED) is 0.180. The average molecular weight is 845 g/mol. The van der Waals surface area contributed by atoms with Gasteiger partial charge in [0.05, 0.1) is 0 Å². The van der Waals surface area contributed by atoms with Crippen molar-refractivity contribution in [3.63, 3.8) is 0 Å². The number of allylic oxidation sites excluding steroid dienone is 2. The monoisotopic (exact) mass is 844 g/mol. The summed E-state index contributed by atoms with van der Waals surface area (Å²) in [5, 5.41) is -3.41. The number of rotatable bonds is 6. The Morgan fingerprint density at radius 3 is 1.48 bits per heavy atom. The summed E-state index contributed by atoms with van der Waals surface area (Å²) >= 11 is 17.6. The number of halogens is 2. The van der Waals surface area contributed by atoms with Gasteiger partial charge in [0, 0.05) is 19.5 Å². The van der Waals surface area contributed by atoms with E-state index in [9.17, 15) is 0 Å². The maximum Gasteiger partial charge on any atom is 0 e. The van der Waals surface area contributed by atoms with Crippen molar-refractivity contribution >= 4 is 45.2 Å². The fraction of sp³-hybridized carbons (Fsp3) is 0.522. The van der Waals surface area contributed by atoms with Gasteiger partial charge in [0.15, 0.2) is 0 Å². The summed E-state index contributed by atoms with van der Waals surface area (Å²) in [6, 6.07) is 20.5. The first kappa shape index (κ1) is 40.0. The van der Waals surface area contributed by atoms with Gasteiger partial charge in [-0.2, -0.15) is 0 Å². The van der Waals surface area contributed by atoms with Crippen LogP contribution in [0, 0.1) is 41.5 Å². The molecule has 4 aliphatic rings. The molecule has 3 aromatic carbocycles. The first-order chi connectivity index (χ1) is 24.5. The van der Waals surface area contributed by atoms with Crippen molar-refractivity contribution in [1.29, 1.82) is 0 Å². The molecule has 2 nitrogen and oxygen atoms in total. The number of benzene rings is 3. The second-order valence-electron chi connectivity index (χ2n) is 16.7. The summed E-state index contributed by atoms with van der Waals surface area (Å²) in [5.74, 6) is 1.36. The van der Waals surface area contributed by atoms with Gasteiger partial charge in [-0.25, -0.2) is 0 Å². The van der Waals surface area contributed by atoms with Crippen molar-refractivity contribution in [2.24, 2.45) is 0 Å². The maximum absolute atomic E-state index is 8.82. The molecule has 6 heteroatoms. The molecule has 0 amide bonds. The zero-order chi connectivity index (χ0) is 35.9. The minimum Gasteiger partial charge on any atom is 0 e. The van der Waals surface area contributed by atoms with E-state index in [-0.39, 0.29) is 25.1 Å². The third-order valence-electron chi connectivity index (χ3n) is 13.0. The number of hydrogen-bond donors (Lipinski definition) is 0. The van der Waals surface area contributed by atoms with Crippen molar-refractivity contribution < 1.29 is 19.5 Å². The fourth-order valence-electron chi connectivity index (χ4n) is 11.1. The molecule has 282 valence electrons. The molecular weight excluding hydrogens is 783 g/mol. The standard InChI is InChI=1S/C46H61Cl2N2P.Ru/c1-32-27-34(3)44(35(4)28-32)49-25-26-50(45-36(5)29-33(2)30-37(45)6)46(49)43-39(31-38-17-10-7-11-18-38)19-16-24-42(43)51(47,48,40-20-12-8-13-21-40)41-22-14-9-15-23-41;/h7,10-11,17-18,27-31,40-42H,8-9,12-16,19-26H2,1-6H3;. The smallest absolute Gasteiger partial charge is 0 e. The van der Waals surface area contributed by atoms with Gasteiger partial charge in [0.2, 0.25) is 0 Å². The summed E-state index contributed by atoms with van der Waals surface area (Å²) in [6.45, 7) is 15.6. The predicted molar refractivity (Wildman–Crippen MR) is 227 cm³/mol. The first-order valence-corrected chi connectivity index (χ1v) is 24.4. The minimum absolute atomic E-state index is 0. The Balaban J connectivity index is 0.00000464. The van der Waals surface area contributed by atoms with Crippen molar-refractivity contribution in [3.05, 3.63) is 111 Å². The van der Waals surface area contributed by atoms with Crippen LogP contribution < -0.4 is 9.80 Å². The summed E-state index contributed by atoms with van der Waals surface area (Å²) in [5.41, 5.74) is 15.9. The molecule has 0 radical (unpaired) electrons. The van der Waals surface area contributed by atoms with Crippen LogP contribution in [0.15, 0.2) is 71.6 Å². The van der Waals surface area contributed by atoms with Crippen LogP contribution in [-0.4, -0.2) is 30.1 Å². The largest absolute Gasteiger partial charge is 0 e. The second kappa shape index (κ2) is 16.2. The second-order valence-corrected chi connectivity index (χ2v) is 26.0. The van der Waals surface area contributed by atoms with E-state index in [2.05, 4.69) is 112 Å². The van der Waals surface area contributed by atoms with E-state index in [1.54, 1.807) is 0 Å². The van der Waals surface area contributed by atoms with Gasteiger partial charge in [-0.15, -0.1) is 0 Å². The van der Waals surface area contributed by atoms with Crippen LogP contribution in [0.2, 0.25) is 0 Å². The molecule has 0 bridgehead atoms. The van der Waals surface area contributed by atoms with Crippen molar-refractivity contribution in [2.75, 3.05) is 22.9 Å². The van der Waals surface area contributed by atoms with Gasteiger partial charge in [-0.3, -0.25) is 0 Å². The molecule has 3 saturated carbocycles. The van der Waals surface area contributed by atoms with Crippen LogP contribution in [0.25, 0.3) is 6.08 Å². The van der Waals surface area contributed by atoms with Crippen LogP contribution >= 0.6 is 27.8 Å². The molecule has 0 N–H and O–H groups in total. The van der Waals surface area contributed by atoms with Crippen LogP contribution in [-0.2, 0) is 19.5 Å². The van der Waals surface area contributed by atoms with Gasteiger partial charge in [0.1, 0.15) is 0 Å². The molecular formula is C46H61Cl2N2PRu. The number of aryl methyl sites for hydroxylation is 6. The summed E-state index contributed by atoms with van der Waals surface area (Å²) < 4.78 is 0. The van der Waals surface area contributed by atoms with Gasteiger partial charge in [0.25, 0.3) is 0 Å². The molecule has 1 aliphatic heterocycles. The summed E-state index contributed by atoms with van der Waals surface area (Å²) in [6.07, 6.45) is 18.3. The third kappa shape index (κ3) is 7.37. The van der Waals surface area contributed by atoms with E-state index < -0.39 is 5.31 Å². The zero-order valence-electron chi connectivity index (χ0n) is 32.6. The number of hydrogen-bond acceptors (Lipinski definition) is 2. The molecule has 1 heterocycles. The van der Waals surface area contributed by atoms with Gasteiger partial charge < -0.3 is 0 Å². The van der Waals surface area contributed by atoms with Gasteiger partial charge >= 0.3 is 321 Å². The maximum atomic E-state index is 8.82.